The Hall–Kier alpha value is -3.16. The second-order valence-corrected chi connectivity index (χ2v) is 7.73. The van der Waals surface area contributed by atoms with E-state index in [4.69, 9.17) is 20.9 Å². The van der Waals surface area contributed by atoms with Crippen LogP contribution in [0.3, 0.4) is 0 Å². The SMILES string of the molecule is CC(C)N=C(N)c1ccc(OCCCCCOc2ccc(C(N)=NC(C)C)nc2)cn1. The number of hydrogen-bond acceptors (Lipinski definition) is 6. The molecular weight excluding hydrogens is 392 g/mol. The van der Waals surface area contributed by atoms with Crippen molar-refractivity contribution in [1.82, 2.24) is 9.97 Å². The van der Waals surface area contributed by atoms with E-state index in [1.54, 1.807) is 12.4 Å². The number of rotatable bonds is 12. The summed E-state index contributed by atoms with van der Waals surface area (Å²) in [6.07, 6.45) is 6.22. The third-order valence-electron chi connectivity index (χ3n) is 4.12. The van der Waals surface area contributed by atoms with Crippen LogP contribution in [0.2, 0.25) is 0 Å². The number of aromatic nitrogens is 2. The molecule has 168 valence electrons. The van der Waals surface area contributed by atoms with Crippen LogP contribution in [0.1, 0.15) is 58.3 Å². The Morgan fingerprint density at radius 3 is 1.48 bits per heavy atom. The summed E-state index contributed by atoms with van der Waals surface area (Å²) in [4.78, 5) is 17.2. The minimum atomic E-state index is 0.139. The molecule has 2 aromatic heterocycles. The molecule has 2 rings (SSSR count). The lowest BCUT2D eigenvalue weighted by Gasteiger charge is -2.08. The molecule has 2 aromatic rings. The van der Waals surface area contributed by atoms with Gasteiger partial charge in [-0.2, -0.15) is 0 Å². The van der Waals surface area contributed by atoms with E-state index in [2.05, 4.69) is 20.0 Å². The van der Waals surface area contributed by atoms with Crippen molar-refractivity contribution in [2.75, 3.05) is 13.2 Å². The van der Waals surface area contributed by atoms with E-state index >= 15 is 0 Å². The average molecular weight is 427 g/mol. The first-order valence-corrected chi connectivity index (χ1v) is 10.7. The second-order valence-electron chi connectivity index (χ2n) is 7.73. The molecular formula is C23H34N6O2. The minimum absolute atomic E-state index is 0.139. The molecule has 0 aliphatic heterocycles. The van der Waals surface area contributed by atoms with Gasteiger partial charge in [-0.15, -0.1) is 0 Å². The maximum atomic E-state index is 5.91. The monoisotopic (exact) mass is 426 g/mol. The van der Waals surface area contributed by atoms with Gasteiger partial charge in [0, 0.05) is 12.1 Å². The fourth-order valence-electron chi connectivity index (χ4n) is 2.68. The van der Waals surface area contributed by atoms with Gasteiger partial charge in [0.05, 0.1) is 25.6 Å². The zero-order valence-corrected chi connectivity index (χ0v) is 18.9. The topological polar surface area (TPSA) is 121 Å². The number of amidine groups is 2. The van der Waals surface area contributed by atoms with Gasteiger partial charge in [0.2, 0.25) is 0 Å². The number of pyridine rings is 2. The Labute approximate surface area is 184 Å². The summed E-state index contributed by atoms with van der Waals surface area (Å²) in [5.41, 5.74) is 13.2. The maximum absolute atomic E-state index is 5.91. The highest BCUT2D eigenvalue weighted by atomic mass is 16.5. The van der Waals surface area contributed by atoms with Crippen LogP contribution in [0.15, 0.2) is 46.6 Å². The zero-order chi connectivity index (χ0) is 22.6. The highest BCUT2D eigenvalue weighted by molar-refractivity contribution is 5.96. The Bertz CT molecular complexity index is 774. The van der Waals surface area contributed by atoms with Crippen LogP contribution in [0.5, 0.6) is 11.5 Å². The highest BCUT2D eigenvalue weighted by Crippen LogP contribution is 2.12. The molecule has 0 radical (unpaired) electrons. The fourth-order valence-corrected chi connectivity index (χ4v) is 2.68. The van der Waals surface area contributed by atoms with Gasteiger partial charge >= 0.3 is 0 Å². The van der Waals surface area contributed by atoms with Crippen molar-refractivity contribution in [2.45, 2.75) is 59.0 Å². The van der Waals surface area contributed by atoms with Crippen molar-refractivity contribution in [3.8, 4) is 11.5 Å². The van der Waals surface area contributed by atoms with Crippen molar-refractivity contribution in [3.05, 3.63) is 48.0 Å². The summed E-state index contributed by atoms with van der Waals surface area (Å²) in [6, 6.07) is 7.66. The van der Waals surface area contributed by atoms with Gasteiger partial charge < -0.3 is 20.9 Å². The van der Waals surface area contributed by atoms with Crippen LogP contribution in [0.25, 0.3) is 0 Å². The predicted molar refractivity (Wildman–Crippen MR) is 125 cm³/mol. The van der Waals surface area contributed by atoms with E-state index in [0.717, 1.165) is 30.8 Å². The average Bonchev–Trinajstić information content (AvgIpc) is 2.73. The standard InChI is InChI=1S/C23H34N6O2/c1-16(2)28-22(24)20-10-8-18(14-26-20)30-12-6-5-7-13-31-19-9-11-21(27-15-19)23(25)29-17(3)4/h8-11,14-17H,5-7,12-13H2,1-4H3,(H2,24,28)(H2,25,29). The summed E-state index contributed by atoms with van der Waals surface area (Å²) < 4.78 is 11.5. The minimum Gasteiger partial charge on any atom is -0.492 e. The van der Waals surface area contributed by atoms with Crippen LogP contribution in [-0.2, 0) is 0 Å². The second kappa shape index (κ2) is 12.5. The summed E-state index contributed by atoms with van der Waals surface area (Å²) in [5, 5.41) is 0. The van der Waals surface area contributed by atoms with Gasteiger partial charge in [-0.05, 0) is 71.2 Å². The molecule has 0 saturated carbocycles. The van der Waals surface area contributed by atoms with Crippen molar-refractivity contribution >= 4 is 11.7 Å². The van der Waals surface area contributed by atoms with Crippen molar-refractivity contribution in [1.29, 1.82) is 0 Å². The highest BCUT2D eigenvalue weighted by Gasteiger charge is 2.04. The molecule has 2 heterocycles. The summed E-state index contributed by atoms with van der Waals surface area (Å²) in [6.45, 7) is 9.15. The Balaban J connectivity index is 1.62. The van der Waals surface area contributed by atoms with Gasteiger partial charge in [0.25, 0.3) is 0 Å². The molecule has 0 spiro atoms. The normalized spacial score (nSPS) is 12.5. The third kappa shape index (κ3) is 9.02. The molecule has 0 unspecified atom stereocenters. The van der Waals surface area contributed by atoms with Crippen LogP contribution in [0.4, 0.5) is 0 Å². The van der Waals surface area contributed by atoms with Crippen molar-refractivity contribution in [2.24, 2.45) is 21.5 Å². The number of ether oxygens (including phenoxy) is 2. The largest absolute Gasteiger partial charge is 0.492 e. The van der Waals surface area contributed by atoms with Gasteiger partial charge in [-0.25, -0.2) is 9.97 Å². The van der Waals surface area contributed by atoms with Gasteiger partial charge in [-0.3, -0.25) is 9.98 Å². The van der Waals surface area contributed by atoms with E-state index in [9.17, 15) is 0 Å². The number of nitrogens with zero attached hydrogens (tertiary/aromatic N) is 4. The van der Waals surface area contributed by atoms with Gasteiger partial charge in [-0.1, -0.05) is 0 Å². The zero-order valence-electron chi connectivity index (χ0n) is 18.9. The molecule has 0 atom stereocenters. The van der Waals surface area contributed by atoms with Gasteiger partial charge in [0.15, 0.2) is 0 Å². The van der Waals surface area contributed by atoms with Crippen molar-refractivity contribution in [3.63, 3.8) is 0 Å². The molecule has 0 aliphatic carbocycles. The number of aliphatic imine (C=N–C) groups is 2. The van der Waals surface area contributed by atoms with E-state index in [-0.39, 0.29) is 12.1 Å². The molecule has 0 aliphatic rings. The van der Waals surface area contributed by atoms with Gasteiger partial charge in [0.1, 0.15) is 34.6 Å². The molecule has 31 heavy (non-hydrogen) atoms. The summed E-state index contributed by atoms with van der Waals surface area (Å²) in [5.74, 6) is 2.34. The van der Waals surface area contributed by atoms with Crippen LogP contribution in [-0.4, -0.2) is 46.9 Å². The summed E-state index contributed by atoms with van der Waals surface area (Å²) >= 11 is 0. The number of nitrogens with two attached hydrogens (primary N) is 2. The molecule has 0 saturated heterocycles. The maximum Gasteiger partial charge on any atom is 0.144 e. The summed E-state index contributed by atoms with van der Waals surface area (Å²) in [7, 11) is 0. The van der Waals surface area contributed by atoms with E-state index < -0.39 is 0 Å². The molecule has 0 aromatic carbocycles. The first-order chi connectivity index (χ1) is 14.8. The Morgan fingerprint density at radius 2 is 1.16 bits per heavy atom. The predicted octanol–water partition coefficient (Wildman–Crippen LogP) is 3.33. The van der Waals surface area contributed by atoms with Crippen LogP contribution < -0.4 is 20.9 Å². The molecule has 8 heteroatoms. The van der Waals surface area contributed by atoms with E-state index in [1.807, 2.05) is 52.0 Å². The number of unbranched alkanes of at least 4 members (excludes halogenated alkanes) is 2. The lowest BCUT2D eigenvalue weighted by molar-refractivity contribution is 0.278. The molecule has 8 nitrogen and oxygen atoms in total. The lowest BCUT2D eigenvalue weighted by atomic mass is 10.2. The first-order valence-electron chi connectivity index (χ1n) is 10.7. The fraction of sp³-hybridized carbons (Fsp3) is 0.478. The lowest BCUT2D eigenvalue weighted by Crippen LogP contribution is -2.17. The molecule has 0 fully saturated rings. The van der Waals surface area contributed by atoms with E-state index in [0.29, 0.717) is 36.3 Å². The Morgan fingerprint density at radius 1 is 0.742 bits per heavy atom. The Kier molecular flexibility index (Phi) is 9.74. The third-order valence-corrected chi connectivity index (χ3v) is 4.12. The molecule has 0 bridgehead atoms. The van der Waals surface area contributed by atoms with Crippen molar-refractivity contribution < 1.29 is 9.47 Å². The molecule has 4 N–H and O–H groups in total. The van der Waals surface area contributed by atoms with E-state index in [1.165, 1.54) is 0 Å². The first kappa shape index (κ1) is 24.1. The molecule has 0 amide bonds. The van der Waals surface area contributed by atoms with Crippen LogP contribution in [0, 0.1) is 0 Å². The smallest absolute Gasteiger partial charge is 0.144 e. The number of hydrogen-bond donors (Lipinski definition) is 2. The quantitative estimate of drug-likeness (QED) is 0.305. The van der Waals surface area contributed by atoms with Crippen LogP contribution >= 0.6 is 0 Å².